The van der Waals surface area contributed by atoms with Crippen LogP contribution in [0.25, 0.3) is 0 Å². The van der Waals surface area contributed by atoms with Gasteiger partial charge in [0.2, 0.25) is 17.7 Å². The molecular weight excluding hydrogens is 476 g/mol. The van der Waals surface area contributed by atoms with Crippen LogP contribution in [-0.2, 0) is 28.8 Å². The molecule has 0 bridgehead atoms. The van der Waals surface area contributed by atoms with E-state index in [1.807, 2.05) is 0 Å². The molecule has 0 aromatic rings. The molecule has 0 heterocycles. The molecule has 0 saturated heterocycles. The van der Waals surface area contributed by atoms with Gasteiger partial charge in [-0.25, -0.2) is 4.79 Å². The van der Waals surface area contributed by atoms with Crippen LogP contribution >= 0.6 is 11.8 Å². The van der Waals surface area contributed by atoms with Crippen LogP contribution in [0.5, 0.6) is 0 Å². The second-order valence-corrected chi connectivity index (χ2v) is 8.42. The van der Waals surface area contributed by atoms with Gasteiger partial charge in [-0.2, -0.15) is 11.8 Å². The van der Waals surface area contributed by atoms with Crippen molar-refractivity contribution in [1.82, 2.24) is 16.0 Å². The Balaban J connectivity index is 5.60. The maximum absolute atomic E-state index is 12.8. The predicted molar refractivity (Wildman–Crippen MR) is 120 cm³/mol. The molecule has 0 aliphatic carbocycles. The van der Waals surface area contributed by atoms with Crippen molar-refractivity contribution in [2.24, 2.45) is 5.73 Å². The Labute approximate surface area is 200 Å². The molecule has 3 amide bonds. The van der Waals surface area contributed by atoms with E-state index in [0.29, 0.717) is 5.75 Å². The Hall–Kier alpha value is -2.91. The van der Waals surface area contributed by atoms with Gasteiger partial charge in [0, 0.05) is 12.8 Å². The topological polar surface area (TPSA) is 245 Å². The molecule has 0 spiro atoms. The Bertz CT molecular complexity index is 749. The molecule has 0 rings (SSSR count). The summed E-state index contributed by atoms with van der Waals surface area (Å²) in [6.45, 7) is 1.23. The average molecular weight is 509 g/mol. The number of nitrogens with one attached hydrogen (secondary N) is 3. The normalized spacial score (nSPS) is 15.2. The first-order chi connectivity index (χ1) is 15.8. The summed E-state index contributed by atoms with van der Waals surface area (Å²) < 4.78 is 0. The number of aliphatic carboxylic acids is 3. The van der Waals surface area contributed by atoms with Gasteiger partial charge >= 0.3 is 17.9 Å². The first-order valence-corrected chi connectivity index (χ1v) is 11.7. The van der Waals surface area contributed by atoms with Crippen molar-refractivity contribution in [3.63, 3.8) is 0 Å². The number of hydrogen-bond acceptors (Lipinski definition) is 9. The van der Waals surface area contributed by atoms with E-state index in [9.17, 15) is 39.0 Å². The van der Waals surface area contributed by atoms with Crippen LogP contribution in [0, 0.1) is 0 Å². The number of amides is 3. The lowest BCUT2D eigenvalue weighted by Gasteiger charge is -2.25. The number of aliphatic hydroxyl groups excluding tert-OH is 1. The fraction of sp³-hybridized carbons (Fsp3) is 0.684. The van der Waals surface area contributed by atoms with E-state index in [-0.39, 0.29) is 6.42 Å². The number of nitrogens with two attached hydrogens (primary N) is 1. The highest BCUT2D eigenvalue weighted by Crippen LogP contribution is 2.06. The van der Waals surface area contributed by atoms with Crippen molar-refractivity contribution in [1.29, 1.82) is 0 Å². The van der Waals surface area contributed by atoms with Crippen LogP contribution in [0.2, 0.25) is 0 Å². The van der Waals surface area contributed by atoms with E-state index < -0.39 is 91.6 Å². The van der Waals surface area contributed by atoms with Crippen molar-refractivity contribution >= 4 is 47.4 Å². The van der Waals surface area contributed by atoms with E-state index in [4.69, 9.17) is 15.9 Å². The highest BCUT2D eigenvalue weighted by molar-refractivity contribution is 7.98. The summed E-state index contributed by atoms with van der Waals surface area (Å²) in [5.41, 5.74) is 5.52. The molecule has 194 valence electrons. The molecule has 0 aromatic heterocycles. The summed E-state index contributed by atoms with van der Waals surface area (Å²) in [4.78, 5) is 70.9. The van der Waals surface area contributed by atoms with Crippen LogP contribution in [0.15, 0.2) is 0 Å². The molecule has 9 N–H and O–H groups in total. The second-order valence-electron chi connectivity index (χ2n) is 7.43. The van der Waals surface area contributed by atoms with Gasteiger partial charge in [0.15, 0.2) is 0 Å². The molecular formula is C19H32N4O10S. The number of aliphatic hydroxyl groups is 1. The summed E-state index contributed by atoms with van der Waals surface area (Å²) in [6.07, 6.45) is -1.31. The van der Waals surface area contributed by atoms with Gasteiger partial charge in [-0.3, -0.25) is 24.0 Å². The standard InChI is InChI=1S/C19H32N4O10S/c1-9(24)15(20)18(31)22-11(4-6-14(27)28)16(29)21-10(3-5-13(25)26)17(30)23-12(19(32)33)7-8-34-2/h9-12,15,24H,3-8,20H2,1-2H3,(H,21,29)(H,22,31)(H,23,30)(H,25,26)(H,27,28)(H,32,33). The van der Waals surface area contributed by atoms with E-state index in [2.05, 4.69) is 16.0 Å². The lowest BCUT2D eigenvalue weighted by molar-refractivity contribution is -0.143. The zero-order valence-electron chi connectivity index (χ0n) is 18.9. The third-order valence-electron chi connectivity index (χ3n) is 4.61. The number of carboxylic acid groups (broad SMARTS) is 3. The summed E-state index contributed by atoms with van der Waals surface area (Å²) in [6, 6.07) is -5.65. The quantitative estimate of drug-likeness (QED) is 0.103. The van der Waals surface area contributed by atoms with Gasteiger partial charge in [-0.1, -0.05) is 0 Å². The number of carbonyl (C=O) groups excluding carboxylic acids is 3. The van der Waals surface area contributed by atoms with Crippen LogP contribution in [0.4, 0.5) is 0 Å². The summed E-state index contributed by atoms with van der Waals surface area (Å²) >= 11 is 1.35. The molecule has 34 heavy (non-hydrogen) atoms. The molecule has 0 radical (unpaired) electrons. The van der Waals surface area contributed by atoms with Crippen LogP contribution in [0.1, 0.15) is 39.0 Å². The minimum absolute atomic E-state index is 0.0797. The maximum Gasteiger partial charge on any atom is 0.326 e. The zero-order valence-corrected chi connectivity index (χ0v) is 19.7. The number of hydrogen-bond donors (Lipinski definition) is 8. The number of carbonyl (C=O) groups is 6. The Kier molecular flexibility index (Phi) is 14.5. The third-order valence-corrected chi connectivity index (χ3v) is 5.25. The molecule has 0 fully saturated rings. The number of rotatable bonds is 17. The lowest BCUT2D eigenvalue weighted by Crippen LogP contribution is -2.58. The molecule has 0 aliphatic rings. The van der Waals surface area contributed by atoms with Gasteiger partial charge in [0.1, 0.15) is 24.2 Å². The minimum atomic E-state index is -1.48. The fourth-order valence-corrected chi connectivity index (χ4v) is 3.07. The summed E-state index contributed by atoms with van der Waals surface area (Å²) in [5.74, 6) is -6.36. The number of carboxylic acids is 3. The Morgan fingerprint density at radius 3 is 1.53 bits per heavy atom. The van der Waals surface area contributed by atoms with Crippen LogP contribution < -0.4 is 21.7 Å². The highest BCUT2D eigenvalue weighted by atomic mass is 32.2. The zero-order chi connectivity index (χ0) is 26.4. The summed E-state index contributed by atoms with van der Waals surface area (Å²) in [7, 11) is 0. The Morgan fingerprint density at radius 1 is 0.765 bits per heavy atom. The van der Waals surface area contributed by atoms with E-state index in [1.54, 1.807) is 6.26 Å². The maximum atomic E-state index is 12.8. The molecule has 0 aliphatic heterocycles. The van der Waals surface area contributed by atoms with Gasteiger partial charge in [0.05, 0.1) is 6.10 Å². The molecule has 15 heteroatoms. The van der Waals surface area contributed by atoms with Crippen molar-refractivity contribution in [2.45, 2.75) is 69.3 Å². The molecule has 5 atom stereocenters. The van der Waals surface area contributed by atoms with Crippen molar-refractivity contribution < 1.29 is 49.2 Å². The van der Waals surface area contributed by atoms with Crippen molar-refractivity contribution in [3.8, 4) is 0 Å². The lowest BCUT2D eigenvalue weighted by atomic mass is 10.1. The van der Waals surface area contributed by atoms with Gasteiger partial charge in [-0.15, -0.1) is 0 Å². The van der Waals surface area contributed by atoms with Crippen molar-refractivity contribution in [3.05, 3.63) is 0 Å². The Morgan fingerprint density at radius 2 is 1.18 bits per heavy atom. The first kappa shape index (κ1) is 31.1. The molecule has 5 unspecified atom stereocenters. The first-order valence-electron chi connectivity index (χ1n) is 10.3. The minimum Gasteiger partial charge on any atom is -0.481 e. The van der Waals surface area contributed by atoms with E-state index in [0.717, 1.165) is 0 Å². The molecule has 14 nitrogen and oxygen atoms in total. The highest BCUT2D eigenvalue weighted by Gasteiger charge is 2.31. The third kappa shape index (κ3) is 12.4. The average Bonchev–Trinajstić information content (AvgIpc) is 2.74. The summed E-state index contributed by atoms with van der Waals surface area (Å²) in [5, 5.41) is 43.3. The monoisotopic (exact) mass is 508 g/mol. The predicted octanol–water partition coefficient (Wildman–Crippen LogP) is -2.28. The molecule has 0 saturated carbocycles. The number of thioether (sulfide) groups is 1. The van der Waals surface area contributed by atoms with E-state index in [1.165, 1.54) is 18.7 Å². The fourth-order valence-electron chi connectivity index (χ4n) is 2.60. The SMILES string of the molecule is CSCCC(NC(=O)C(CCC(=O)O)NC(=O)C(CCC(=O)O)NC(=O)C(N)C(C)O)C(=O)O. The van der Waals surface area contributed by atoms with Gasteiger partial charge < -0.3 is 42.1 Å². The van der Waals surface area contributed by atoms with Crippen LogP contribution in [0.3, 0.4) is 0 Å². The largest absolute Gasteiger partial charge is 0.481 e. The smallest absolute Gasteiger partial charge is 0.326 e. The van der Waals surface area contributed by atoms with Crippen molar-refractivity contribution in [2.75, 3.05) is 12.0 Å². The van der Waals surface area contributed by atoms with Gasteiger partial charge in [-0.05, 0) is 38.2 Å². The molecule has 0 aromatic carbocycles. The van der Waals surface area contributed by atoms with E-state index >= 15 is 0 Å². The van der Waals surface area contributed by atoms with Gasteiger partial charge in [0.25, 0.3) is 0 Å². The van der Waals surface area contributed by atoms with Crippen LogP contribution in [-0.4, -0.2) is 98.3 Å². The second kappa shape index (κ2) is 15.8.